The van der Waals surface area contributed by atoms with E-state index in [-0.39, 0.29) is 17.6 Å². The zero-order valence-corrected chi connectivity index (χ0v) is 18.1. The third-order valence-electron chi connectivity index (χ3n) is 5.43. The predicted octanol–water partition coefficient (Wildman–Crippen LogP) is 3.56. The maximum absolute atomic E-state index is 13.5. The largest absolute Gasteiger partial charge is 0.492 e. The summed E-state index contributed by atoms with van der Waals surface area (Å²) in [6, 6.07) is 14.0. The number of benzene rings is 2. The number of piperidine rings is 1. The monoisotopic (exact) mass is 438 g/mol. The average molecular weight is 439 g/mol. The molecule has 1 aromatic heterocycles. The molecule has 0 saturated carbocycles. The van der Waals surface area contributed by atoms with E-state index in [1.807, 2.05) is 31.2 Å². The Kier molecular flexibility index (Phi) is 7.11. The second kappa shape index (κ2) is 10.4. The Labute approximate surface area is 186 Å². The number of halogens is 1. The fourth-order valence-electron chi connectivity index (χ4n) is 3.87. The summed E-state index contributed by atoms with van der Waals surface area (Å²) in [5, 5.41) is 6.91. The van der Waals surface area contributed by atoms with Crippen molar-refractivity contribution in [3.8, 4) is 17.1 Å². The number of rotatable bonds is 8. The van der Waals surface area contributed by atoms with E-state index in [9.17, 15) is 9.18 Å². The van der Waals surface area contributed by atoms with Crippen molar-refractivity contribution in [1.29, 1.82) is 0 Å². The van der Waals surface area contributed by atoms with Crippen LogP contribution in [-0.4, -0.2) is 53.7 Å². The Morgan fingerprint density at radius 2 is 2.16 bits per heavy atom. The van der Waals surface area contributed by atoms with Gasteiger partial charge in [-0.1, -0.05) is 29.4 Å². The number of hydrogen-bond acceptors (Lipinski definition) is 6. The van der Waals surface area contributed by atoms with E-state index in [1.165, 1.54) is 12.1 Å². The SMILES string of the molecule is Cc1cccc(OCCNC(=O)CN2CCCC(c3nc(-c4cccc(F)c4)no3)C2)c1. The molecule has 168 valence electrons. The van der Waals surface area contributed by atoms with Crippen molar-refractivity contribution in [2.24, 2.45) is 0 Å². The number of hydrogen-bond donors (Lipinski definition) is 1. The summed E-state index contributed by atoms with van der Waals surface area (Å²) in [7, 11) is 0. The van der Waals surface area contributed by atoms with Crippen molar-refractivity contribution in [1.82, 2.24) is 20.4 Å². The highest BCUT2D eigenvalue weighted by Gasteiger charge is 2.27. The normalized spacial score (nSPS) is 16.6. The second-order valence-corrected chi connectivity index (χ2v) is 8.06. The Hall–Kier alpha value is -3.26. The molecule has 1 aliphatic rings. The highest BCUT2D eigenvalue weighted by atomic mass is 19.1. The number of aromatic nitrogens is 2. The van der Waals surface area contributed by atoms with Gasteiger partial charge in [0.1, 0.15) is 18.2 Å². The fourth-order valence-corrected chi connectivity index (χ4v) is 3.87. The lowest BCUT2D eigenvalue weighted by Crippen LogP contribution is -2.42. The van der Waals surface area contributed by atoms with Gasteiger partial charge >= 0.3 is 0 Å². The molecule has 3 aromatic rings. The number of nitrogens with zero attached hydrogens (tertiary/aromatic N) is 3. The first-order valence-corrected chi connectivity index (χ1v) is 10.8. The second-order valence-electron chi connectivity index (χ2n) is 8.06. The number of carbonyl (C=O) groups is 1. The third kappa shape index (κ3) is 5.91. The number of nitrogens with one attached hydrogen (secondary N) is 1. The smallest absolute Gasteiger partial charge is 0.234 e. The Morgan fingerprint density at radius 3 is 3.00 bits per heavy atom. The van der Waals surface area contributed by atoms with E-state index in [4.69, 9.17) is 9.26 Å². The van der Waals surface area contributed by atoms with Crippen molar-refractivity contribution in [3.05, 3.63) is 65.8 Å². The topological polar surface area (TPSA) is 80.5 Å². The van der Waals surface area contributed by atoms with Gasteiger partial charge in [0.05, 0.1) is 19.0 Å². The predicted molar refractivity (Wildman–Crippen MR) is 118 cm³/mol. The molecule has 2 heterocycles. The summed E-state index contributed by atoms with van der Waals surface area (Å²) in [6.45, 7) is 4.70. The van der Waals surface area contributed by atoms with Crippen molar-refractivity contribution < 1.29 is 18.4 Å². The fraction of sp³-hybridized carbons (Fsp3) is 0.375. The lowest BCUT2D eigenvalue weighted by atomic mass is 9.98. The molecule has 1 fully saturated rings. The van der Waals surface area contributed by atoms with Crippen LogP contribution < -0.4 is 10.1 Å². The van der Waals surface area contributed by atoms with Gasteiger partial charge in [0, 0.05) is 12.1 Å². The average Bonchev–Trinajstić information content (AvgIpc) is 3.28. The molecule has 1 N–H and O–H groups in total. The van der Waals surface area contributed by atoms with Crippen LogP contribution in [0.3, 0.4) is 0 Å². The Balaban J connectivity index is 1.24. The van der Waals surface area contributed by atoms with Crippen molar-refractivity contribution >= 4 is 5.91 Å². The number of ether oxygens (including phenoxy) is 1. The van der Waals surface area contributed by atoms with Gasteiger partial charge in [0.15, 0.2) is 0 Å². The molecular formula is C24H27FN4O3. The van der Waals surface area contributed by atoms with Crippen LogP contribution >= 0.6 is 0 Å². The summed E-state index contributed by atoms with van der Waals surface area (Å²) in [6.07, 6.45) is 1.85. The summed E-state index contributed by atoms with van der Waals surface area (Å²) in [5.41, 5.74) is 1.72. The van der Waals surface area contributed by atoms with Crippen LogP contribution in [0.2, 0.25) is 0 Å². The summed E-state index contributed by atoms with van der Waals surface area (Å²) in [4.78, 5) is 18.9. The first-order valence-electron chi connectivity index (χ1n) is 10.8. The molecule has 32 heavy (non-hydrogen) atoms. The van der Waals surface area contributed by atoms with Gasteiger partial charge < -0.3 is 14.6 Å². The highest BCUT2D eigenvalue weighted by Crippen LogP contribution is 2.27. The molecule has 0 bridgehead atoms. The molecule has 4 rings (SSSR count). The van der Waals surface area contributed by atoms with E-state index in [0.717, 1.165) is 30.7 Å². The quantitative estimate of drug-likeness (QED) is 0.542. The van der Waals surface area contributed by atoms with Crippen molar-refractivity contribution in [3.63, 3.8) is 0 Å². The molecule has 0 spiro atoms. The van der Waals surface area contributed by atoms with Crippen molar-refractivity contribution in [2.75, 3.05) is 32.8 Å². The van der Waals surface area contributed by atoms with Crippen LogP contribution in [0.5, 0.6) is 5.75 Å². The molecule has 1 unspecified atom stereocenters. The lowest BCUT2D eigenvalue weighted by Gasteiger charge is -2.30. The highest BCUT2D eigenvalue weighted by molar-refractivity contribution is 5.78. The van der Waals surface area contributed by atoms with E-state index in [0.29, 0.717) is 43.5 Å². The summed E-state index contributed by atoms with van der Waals surface area (Å²) >= 11 is 0. The van der Waals surface area contributed by atoms with Crippen LogP contribution in [0.4, 0.5) is 4.39 Å². The number of amides is 1. The number of aryl methyl sites for hydroxylation is 1. The van der Waals surface area contributed by atoms with Crippen LogP contribution in [0, 0.1) is 12.7 Å². The van der Waals surface area contributed by atoms with E-state index in [1.54, 1.807) is 12.1 Å². The van der Waals surface area contributed by atoms with Crippen LogP contribution in [-0.2, 0) is 4.79 Å². The van der Waals surface area contributed by atoms with Gasteiger partial charge in [0.2, 0.25) is 17.6 Å². The molecule has 2 aromatic carbocycles. The molecule has 1 aliphatic heterocycles. The van der Waals surface area contributed by atoms with Gasteiger partial charge in [0.25, 0.3) is 0 Å². The lowest BCUT2D eigenvalue weighted by molar-refractivity contribution is -0.122. The minimum atomic E-state index is -0.340. The number of carbonyl (C=O) groups excluding carboxylic acids is 1. The van der Waals surface area contributed by atoms with Gasteiger partial charge in [-0.2, -0.15) is 4.98 Å². The molecule has 1 amide bonds. The van der Waals surface area contributed by atoms with E-state index >= 15 is 0 Å². The maximum Gasteiger partial charge on any atom is 0.234 e. The molecule has 1 atom stereocenters. The summed E-state index contributed by atoms with van der Waals surface area (Å²) in [5.74, 6) is 1.38. The third-order valence-corrected chi connectivity index (χ3v) is 5.43. The first-order chi connectivity index (χ1) is 15.6. The van der Waals surface area contributed by atoms with Gasteiger partial charge in [-0.15, -0.1) is 0 Å². The molecule has 8 heteroatoms. The number of likely N-dealkylation sites (tertiary alicyclic amines) is 1. The maximum atomic E-state index is 13.5. The van der Waals surface area contributed by atoms with Crippen molar-refractivity contribution in [2.45, 2.75) is 25.7 Å². The van der Waals surface area contributed by atoms with Gasteiger partial charge in [-0.25, -0.2) is 4.39 Å². The van der Waals surface area contributed by atoms with Crippen LogP contribution in [0.15, 0.2) is 53.1 Å². The minimum Gasteiger partial charge on any atom is -0.492 e. The minimum absolute atomic E-state index is 0.0375. The molecule has 1 saturated heterocycles. The Morgan fingerprint density at radius 1 is 1.28 bits per heavy atom. The zero-order valence-electron chi connectivity index (χ0n) is 18.1. The Bertz CT molecular complexity index is 1050. The van der Waals surface area contributed by atoms with Crippen LogP contribution in [0.25, 0.3) is 11.4 Å². The molecule has 0 aliphatic carbocycles. The van der Waals surface area contributed by atoms with Gasteiger partial charge in [-0.05, 0) is 56.1 Å². The standard InChI is InChI=1S/C24H27FN4O3/c1-17-5-2-9-21(13-17)31-12-10-26-22(30)16-29-11-4-7-19(15-29)24-27-23(28-32-24)18-6-3-8-20(25)14-18/h2-3,5-6,8-9,13-14,19H,4,7,10-12,15-16H2,1H3,(H,26,30). The summed E-state index contributed by atoms with van der Waals surface area (Å²) < 4.78 is 24.6. The van der Waals surface area contributed by atoms with E-state index < -0.39 is 0 Å². The van der Waals surface area contributed by atoms with Crippen LogP contribution in [0.1, 0.15) is 30.2 Å². The van der Waals surface area contributed by atoms with E-state index in [2.05, 4.69) is 20.4 Å². The first kappa shape index (κ1) is 22.0. The molecular weight excluding hydrogens is 411 g/mol. The molecule has 0 radical (unpaired) electrons. The molecule has 7 nitrogen and oxygen atoms in total. The van der Waals surface area contributed by atoms with Gasteiger partial charge in [-0.3, -0.25) is 9.69 Å². The zero-order chi connectivity index (χ0) is 22.3.